The highest BCUT2D eigenvalue weighted by Gasteiger charge is 2.21. The van der Waals surface area contributed by atoms with E-state index in [1.807, 2.05) is 16.6 Å². The van der Waals surface area contributed by atoms with Gasteiger partial charge in [-0.25, -0.2) is 9.50 Å². The summed E-state index contributed by atoms with van der Waals surface area (Å²) >= 11 is 0. The lowest BCUT2D eigenvalue weighted by Crippen LogP contribution is -2.20. The van der Waals surface area contributed by atoms with Crippen LogP contribution in [-0.4, -0.2) is 14.6 Å². The van der Waals surface area contributed by atoms with Crippen LogP contribution in [0.3, 0.4) is 0 Å². The van der Waals surface area contributed by atoms with E-state index in [9.17, 15) is 0 Å². The third-order valence-corrected chi connectivity index (χ3v) is 15.0. The Hall–Kier alpha value is -8.23. The van der Waals surface area contributed by atoms with E-state index in [2.05, 4.69) is 243 Å². The summed E-state index contributed by atoms with van der Waals surface area (Å²) in [6.07, 6.45) is 2.09. The first-order valence-corrected chi connectivity index (χ1v) is 23.7. The first kappa shape index (κ1) is 39.4. The van der Waals surface area contributed by atoms with E-state index in [0.29, 0.717) is 5.82 Å². The van der Waals surface area contributed by atoms with E-state index in [0.717, 1.165) is 44.6 Å². The molecule has 0 saturated heterocycles. The maximum absolute atomic E-state index is 5.19. The van der Waals surface area contributed by atoms with Crippen molar-refractivity contribution in [2.45, 2.75) is 0 Å². The van der Waals surface area contributed by atoms with Crippen LogP contribution in [0.15, 0.2) is 255 Å². The molecule has 3 nitrogen and oxygen atoms in total. The summed E-state index contributed by atoms with van der Waals surface area (Å²) in [4.78, 5) is 5.19. The normalized spacial score (nSPS) is 11.5. The number of benzene rings is 10. The van der Waals surface area contributed by atoms with Crippen LogP contribution in [0.2, 0.25) is 0 Å². The Morgan fingerprint density at radius 2 is 0.712 bits per heavy atom. The highest BCUT2D eigenvalue weighted by Crippen LogP contribution is 2.45. The van der Waals surface area contributed by atoms with Gasteiger partial charge < -0.3 is 0 Å². The fraction of sp³-hybridized carbons (Fsp3) is 0. The maximum atomic E-state index is 5.19. The topological polar surface area (TPSA) is 30.2 Å². The zero-order valence-corrected chi connectivity index (χ0v) is 36.9. The quantitative estimate of drug-likeness (QED) is 0.107. The Kier molecular flexibility index (Phi) is 10.2. The monoisotopic (exact) mass is 859 g/mol. The van der Waals surface area contributed by atoms with Crippen LogP contribution in [-0.2, 0) is 0 Å². The highest BCUT2D eigenvalue weighted by atomic mass is 31.1. The molecule has 4 heteroatoms. The molecule has 12 aromatic rings. The summed E-state index contributed by atoms with van der Waals surface area (Å²) in [5.41, 5.74) is 13.3. The largest absolute Gasteiger partial charge is 0.219 e. The van der Waals surface area contributed by atoms with E-state index in [-0.39, 0.29) is 0 Å². The minimum Gasteiger partial charge on any atom is -0.219 e. The number of pyridine rings is 1. The van der Waals surface area contributed by atoms with E-state index in [1.165, 1.54) is 59.7 Å². The van der Waals surface area contributed by atoms with Crippen molar-refractivity contribution in [2.24, 2.45) is 0 Å². The molecular formula is C62H42N3P. The molecule has 0 unspecified atom stereocenters. The molecule has 0 saturated carbocycles. The van der Waals surface area contributed by atoms with Crippen LogP contribution in [0.1, 0.15) is 0 Å². The summed E-state index contributed by atoms with van der Waals surface area (Å²) in [5.74, 6) is 0.687. The van der Waals surface area contributed by atoms with Crippen LogP contribution in [0.25, 0.3) is 94.2 Å². The van der Waals surface area contributed by atoms with Crippen LogP contribution in [0.5, 0.6) is 0 Å². The van der Waals surface area contributed by atoms with Crippen molar-refractivity contribution in [3.63, 3.8) is 0 Å². The third-order valence-electron chi connectivity index (χ3n) is 12.6. The smallest absolute Gasteiger partial charge is 0.182 e. The Labute approximate surface area is 385 Å². The summed E-state index contributed by atoms with van der Waals surface area (Å²) in [7, 11) is -0.761. The van der Waals surface area contributed by atoms with Crippen LogP contribution in [0.4, 0.5) is 0 Å². The van der Waals surface area contributed by atoms with Crippen molar-refractivity contribution in [2.75, 3.05) is 0 Å². The number of nitrogens with zero attached hydrogens (tertiary/aromatic N) is 3. The molecular weight excluding hydrogens is 818 g/mol. The molecule has 66 heavy (non-hydrogen) atoms. The molecule has 2 heterocycles. The van der Waals surface area contributed by atoms with Gasteiger partial charge in [0.15, 0.2) is 11.5 Å². The van der Waals surface area contributed by atoms with Gasteiger partial charge in [-0.2, -0.15) is 0 Å². The van der Waals surface area contributed by atoms with E-state index < -0.39 is 7.92 Å². The predicted octanol–water partition coefficient (Wildman–Crippen LogP) is 14.8. The number of aromatic nitrogens is 3. The van der Waals surface area contributed by atoms with Gasteiger partial charge in [-0.15, -0.1) is 5.10 Å². The van der Waals surface area contributed by atoms with Crippen molar-refractivity contribution in [3.8, 4) is 67.0 Å². The molecule has 310 valence electrons. The Balaban J connectivity index is 0.961. The Bertz CT molecular complexity index is 3600. The highest BCUT2D eigenvalue weighted by molar-refractivity contribution is 7.79. The first-order chi connectivity index (χ1) is 32.7. The molecule has 0 aliphatic carbocycles. The SMILES string of the molecule is c1ccc(-c2cc(-c3ccccc3)c3nc(-c4cccc(-c5cccc(-c6c7ccccc7c(-c7cccc(P(c8ccccc8)c8ccccc8)c7)c7ccccc67)c5)c4)nn3c2)cc1. The summed E-state index contributed by atoms with van der Waals surface area (Å²) in [6, 6.07) is 89.9. The Morgan fingerprint density at radius 3 is 1.27 bits per heavy atom. The lowest BCUT2D eigenvalue weighted by molar-refractivity contribution is 0.968. The van der Waals surface area contributed by atoms with Crippen molar-refractivity contribution in [3.05, 3.63) is 255 Å². The summed E-state index contributed by atoms with van der Waals surface area (Å²) in [5, 5.41) is 14.1. The average Bonchev–Trinajstić information content (AvgIpc) is 3.84. The lowest BCUT2D eigenvalue weighted by Gasteiger charge is -2.21. The molecule has 12 rings (SSSR count). The van der Waals surface area contributed by atoms with Gasteiger partial charge in [0.2, 0.25) is 0 Å². The number of fused-ring (bicyclic) bond motifs is 3. The summed E-state index contributed by atoms with van der Waals surface area (Å²) in [6.45, 7) is 0. The van der Waals surface area contributed by atoms with Gasteiger partial charge in [-0.1, -0.05) is 224 Å². The van der Waals surface area contributed by atoms with Crippen molar-refractivity contribution in [1.29, 1.82) is 0 Å². The van der Waals surface area contributed by atoms with E-state index >= 15 is 0 Å². The zero-order valence-electron chi connectivity index (χ0n) is 36.0. The number of hydrogen-bond acceptors (Lipinski definition) is 2. The van der Waals surface area contributed by atoms with E-state index in [4.69, 9.17) is 10.1 Å². The third kappa shape index (κ3) is 7.26. The standard InChI is InChI=1S/C62H42N3P/c1-5-20-43(21-6-1)50-41-58(44-22-7-2-8-23-44)62-63-61(64-65(62)42-50)49-28-18-25-46(39-49)45-24-17-26-47(38-45)59-54-34-13-15-36-56(54)60(57-37-16-14-35-55(57)59)48-27-19-33-53(40-48)66(51-29-9-3-10-30-51)52-31-11-4-12-32-52/h1-42H. The minimum absolute atomic E-state index is 0.687. The van der Waals surface area contributed by atoms with Gasteiger partial charge in [-0.3, -0.25) is 0 Å². The fourth-order valence-corrected chi connectivity index (χ4v) is 11.9. The second-order valence-corrected chi connectivity index (χ2v) is 18.9. The van der Waals surface area contributed by atoms with Gasteiger partial charge in [0, 0.05) is 22.9 Å². The molecule has 0 radical (unpaired) electrons. The van der Waals surface area contributed by atoms with Crippen LogP contribution >= 0.6 is 7.92 Å². The molecule has 0 aliphatic heterocycles. The molecule has 0 amide bonds. The van der Waals surface area contributed by atoms with Gasteiger partial charge in [0.25, 0.3) is 0 Å². The van der Waals surface area contributed by atoms with Crippen molar-refractivity contribution < 1.29 is 0 Å². The minimum atomic E-state index is -0.761. The zero-order chi connectivity index (χ0) is 43.8. The predicted molar refractivity (Wildman–Crippen MR) is 279 cm³/mol. The molecule has 10 aromatic carbocycles. The van der Waals surface area contributed by atoms with Gasteiger partial charge in [-0.05, 0) is 114 Å². The number of rotatable bonds is 9. The van der Waals surface area contributed by atoms with Crippen LogP contribution < -0.4 is 15.9 Å². The second kappa shape index (κ2) is 17.0. The molecule has 2 aromatic heterocycles. The van der Waals surface area contributed by atoms with Gasteiger partial charge in [0.1, 0.15) is 0 Å². The molecule has 0 spiro atoms. The summed E-state index contributed by atoms with van der Waals surface area (Å²) < 4.78 is 1.94. The fourth-order valence-electron chi connectivity index (χ4n) is 9.57. The second-order valence-electron chi connectivity index (χ2n) is 16.6. The first-order valence-electron chi connectivity index (χ1n) is 22.4. The van der Waals surface area contributed by atoms with Crippen molar-refractivity contribution in [1.82, 2.24) is 14.6 Å². The Morgan fingerprint density at radius 1 is 0.303 bits per heavy atom. The lowest BCUT2D eigenvalue weighted by atomic mass is 9.85. The molecule has 0 aliphatic rings. The molecule has 0 bridgehead atoms. The van der Waals surface area contributed by atoms with Gasteiger partial charge >= 0.3 is 0 Å². The van der Waals surface area contributed by atoms with Gasteiger partial charge in [0.05, 0.1) is 0 Å². The molecule has 0 N–H and O–H groups in total. The average molecular weight is 860 g/mol. The molecule has 0 atom stereocenters. The van der Waals surface area contributed by atoms with Crippen LogP contribution in [0, 0.1) is 0 Å². The van der Waals surface area contributed by atoms with E-state index in [1.54, 1.807) is 0 Å². The maximum Gasteiger partial charge on any atom is 0.182 e. The van der Waals surface area contributed by atoms with Crippen molar-refractivity contribution >= 4 is 51.0 Å². The number of hydrogen-bond donors (Lipinski definition) is 0. The molecule has 0 fully saturated rings.